The van der Waals surface area contributed by atoms with Gasteiger partial charge in [-0.15, -0.1) is 11.3 Å². The highest BCUT2D eigenvalue weighted by atomic mass is 32.1. The lowest BCUT2D eigenvalue weighted by Gasteiger charge is -2.29. The number of aliphatic hydroxyl groups is 1. The van der Waals surface area contributed by atoms with Crippen LogP contribution in [0.5, 0.6) is 0 Å². The van der Waals surface area contributed by atoms with Gasteiger partial charge in [-0.3, -0.25) is 9.59 Å². The van der Waals surface area contributed by atoms with E-state index < -0.39 is 12.1 Å². The van der Waals surface area contributed by atoms with Crippen molar-refractivity contribution in [3.63, 3.8) is 0 Å². The van der Waals surface area contributed by atoms with Crippen LogP contribution < -0.4 is 5.32 Å². The highest BCUT2D eigenvalue weighted by Gasteiger charge is 2.41. The largest absolute Gasteiger partial charge is 0.391 e. The van der Waals surface area contributed by atoms with Gasteiger partial charge in [0.15, 0.2) is 0 Å². The minimum absolute atomic E-state index is 0.0410. The molecule has 0 unspecified atom stereocenters. The monoisotopic (exact) mass is 433 g/mol. The molecule has 0 spiro atoms. The van der Waals surface area contributed by atoms with Gasteiger partial charge in [0.05, 0.1) is 22.2 Å². The number of nitrogens with one attached hydrogen (secondary N) is 1. The van der Waals surface area contributed by atoms with Crippen molar-refractivity contribution in [3.05, 3.63) is 33.8 Å². The summed E-state index contributed by atoms with van der Waals surface area (Å²) in [5, 5.41) is 13.0. The number of likely N-dealkylation sites (tertiary alicyclic amines) is 1. The number of nitrogens with zero attached hydrogens (tertiary/aromatic N) is 2. The summed E-state index contributed by atoms with van der Waals surface area (Å²) < 4.78 is 5.33. The number of aliphatic hydroxyl groups excluding tert-OH is 1. The van der Waals surface area contributed by atoms with Crippen molar-refractivity contribution in [2.24, 2.45) is 5.92 Å². The lowest BCUT2D eigenvalue weighted by Crippen LogP contribution is -2.48. The van der Waals surface area contributed by atoms with Crippen LogP contribution in [0.2, 0.25) is 0 Å². The van der Waals surface area contributed by atoms with Crippen LogP contribution in [0, 0.1) is 12.8 Å². The van der Waals surface area contributed by atoms with Crippen molar-refractivity contribution < 1.29 is 19.4 Å². The number of thiazole rings is 1. The number of β-amino-alcohol motifs (C(OH)–C–C–N with tert-alkyl or cyclic N) is 1. The number of allylic oxidation sites excluding steroid dienone is 3. The molecule has 1 aromatic rings. The summed E-state index contributed by atoms with van der Waals surface area (Å²) in [5.74, 6) is -0.372. The molecule has 30 heavy (non-hydrogen) atoms. The van der Waals surface area contributed by atoms with Gasteiger partial charge < -0.3 is 20.1 Å². The maximum atomic E-state index is 12.9. The molecule has 164 valence electrons. The number of aryl methyl sites for hydroxylation is 1. The first-order chi connectivity index (χ1) is 14.4. The van der Waals surface area contributed by atoms with E-state index in [0.717, 1.165) is 21.7 Å². The third-order valence-corrected chi connectivity index (χ3v) is 6.76. The molecule has 1 aromatic heterocycles. The first kappa shape index (κ1) is 22.7. The van der Waals surface area contributed by atoms with E-state index in [1.165, 1.54) is 0 Å². The van der Waals surface area contributed by atoms with Crippen molar-refractivity contribution in [2.45, 2.75) is 52.2 Å². The van der Waals surface area contributed by atoms with E-state index in [1.54, 1.807) is 16.2 Å². The zero-order chi connectivity index (χ0) is 21.7. The van der Waals surface area contributed by atoms with Crippen LogP contribution in [0.25, 0.3) is 5.57 Å². The summed E-state index contributed by atoms with van der Waals surface area (Å²) in [6.45, 7) is 7.75. The van der Waals surface area contributed by atoms with Crippen molar-refractivity contribution in [1.29, 1.82) is 0 Å². The topological polar surface area (TPSA) is 91.8 Å². The van der Waals surface area contributed by atoms with Crippen molar-refractivity contribution in [3.8, 4) is 0 Å². The van der Waals surface area contributed by atoms with E-state index in [0.29, 0.717) is 32.6 Å². The van der Waals surface area contributed by atoms with Gasteiger partial charge in [-0.25, -0.2) is 4.98 Å². The third kappa shape index (κ3) is 5.56. The number of aromatic nitrogens is 1. The number of ether oxygens (including phenoxy) is 1. The molecule has 2 aliphatic rings. The zero-order valence-electron chi connectivity index (χ0n) is 17.9. The molecule has 2 N–H and O–H groups in total. The Hall–Kier alpha value is -2.03. The lowest BCUT2D eigenvalue weighted by molar-refractivity contribution is -0.144. The van der Waals surface area contributed by atoms with Gasteiger partial charge >= 0.3 is 0 Å². The third-order valence-electron chi connectivity index (χ3n) is 5.70. The van der Waals surface area contributed by atoms with E-state index in [9.17, 15) is 14.7 Å². The SMILES string of the molecule is C/C(=C\C=C(/C)c1scnc1C)CNC(=O)[C@@H]1C[C@@H](O)CN1C(=O)C1CCOCC1. The minimum atomic E-state index is -0.658. The Labute approximate surface area is 181 Å². The molecule has 0 aromatic carbocycles. The summed E-state index contributed by atoms with van der Waals surface area (Å²) in [6, 6.07) is -0.611. The Kier molecular flexibility index (Phi) is 7.80. The van der Waals surface area contributed by atoms with Crippen LogP contribution in [0.3, 0.4) is 0 Å². The van der Waals surface area contributed by atoms with Gasteiger partial charge in [-0.1, -0.05) is 17.7 Å². The summed E-state index contributed by atoms with van der Waals surface area (Å²) >= 11 is 1.61. The van der Waals surface area contributed by atoms with E-state index in [-0.39, 0.29) is 30.7 Å². The van der Waals surface area contributed by atoms with Gasteiger partial charge in [-0.2, -0.15) is 0 Å². The second-order valence-corrected chi connectivity index (χ2v) is 8.98. The van der Waals surface area contributed by atoms with Gasteiger partial charge in [0.2, 0.25) is 11.8 Å². The average molecular weight is 434 g/mol. The molecule has 8 heteroatoms. The highest BCUT2D eigenvalue weighted by Crippen LogP contribution is 2.25. The minimum Gasteiger partial charge on any atom is -0.391 e. The maximum Gasteiger partial charge on any atom is 0.243 e. The number of carbonyl (C=O) groups is 2. The van der Waals surface area contributed by atoms with Gasteiger partial charge in [0.25, 0.3) is 0 Å². The highest BCUT2D eigenvalue weighted by molar-refractivity contribution is 7.10. The van der Waals surface area contributed by atoms with Crippen LogP contribution in [0.1, 0.15) is 43.7 Å². The number of hydrogen-bond donors (Lipinski definition) is 2. The molecule has 3 rings (SSSR count). The van der Waals surface area contributed by atoms with Gasteiger partial charge in [0, 0.05) is 38.6 Å². The summed E-state index contributed by atoms with van der Waals surface area (Å²) in [7, 11) is 0. The molecule has 7 nitrogen and oxygen atoms in total. The molecule has 3 heterocycles. The van der Waals surface area contributed by atoms with Gasteiger partial charge in [-0.05, 0) is 39.2 Å². The second kappa shape index (κ2) is 10.3. The number of hydrogen-bond acceptors (Lipinski definition) is 6. The fourth-order valence-corrected chi connectivity index (χ4v) is 4.70. The molecular weight excluding hydrogens is 402 g/mol. The van der Waals surface area contributed by atoms with Crippen molar-refractivity contribution in [1.82, 2.24) is 15.2 Å². The van der Waals surface area contributed by atoms with Crippen LogP contribution >= 0.6 is 11.3 Å². The van der Waals surface area contributed by atoms with Gasteiger partial charge in [0.1, 0.15) is 6.04 Å². The zero-order valence-corrected chi connectivity index (χ0v) is 18.7. The van der Waals surface area contributed by atoms with E-state index in [2.05, 4.69) is 10.3 Å². The first-order valence-electron chi connectivity index (χ1n) is 10.4. The predicted octanol–water partition coefficient (Wildman–Crippen LogP) is 2.31. The van der Waals surface area contributed by atoms with E-state index >= 15 is 0 Å². The average Bonchev–Trinajstić information content (AvgIpc) is 3.35. The molecule has 2 amide bonds. The molecular formula is C22H31N3O4S. The van der Waals surface area contributed by atoms with Crippen LogP contribution in [0.4, 0.5) is 0 Å². The molecule has 0 bridgehead atoms. The molecule has 0 radical (unpaired) electrons. The molecule has 2 fully saturated rings. The molecule has 0 aliphatic carbocycles. The molecule has 2 atom stereocenters. The Balaban J connectivity index is 1.57. The first-order valence-corrected chi connectivity index (χ1v) is 11.3. The summed E-state index contributed by atoms with van der Waals surface area (Å²) in [4.78, 5) is 32.6. The van der Waals surface area contributed by atoms with E-state index in [4.69, 9.17) is 4.74 Å². The Bertz CT molecular complexity index is 826. The van der Waals surface area contributed by atoms with Crippen LogP contribution in [-0.4, -0.2) is 65.3 Å². The number of rotatable bonds is 6. The Morgan fingerprint density at radius 3 is 2.73 bits per heavy atom. The number of amides is 2. The Morgan fingerprint density at radius 1 is 1.33 bits per heavy atom. The Morgan fingerprint density at radius 2 is 2.07 bits per heavy atom. The predicted molar refractivity (Wildman–Crippen MR) is 117 cm³/mol. The fraction of sp³-hybridized carbons (Fsp3) is 0.591. The second-order valence-electron chi connectivity index (χ2n) is 8.13. The van der Waals surface area contributed by atoms with E-state index in [1.807, 2.05) is 38.4 Å². The molecule has 2 aliphatic heterocycles. The fourth-order valence-electron chi connectivity index (χ4n) is 3.91. The smallest absolute Gasteiger partial charge is 0.243 e. The summed E-state index contributed by atoms with van der Waals surface area (Å²) in [5.41, 5.74) is 4.99. The molecule has 2 saturated heterocycles. The lowest BCUT2D eigenvalue weighted by atomic mass is 9.98. The van der Waals surface area contributed by atoms with Crippen LogP contribution in [0.15, 0.2) is 23.2 Å². The number of carbonyl (C=O) groups excluding carboxylic acids is 2. The van der Waals surface area contributed by atoms with Crippen molar-refractivity contribution in [2.75, 3.05) is 26.3 Å². The maximum absolute atomic E-state index is 12.9. The van der Waals surface area contributed by atoms with Crippen molar-refractivity contribution >= 4 is 28.7 Å². The van der Waals surface area contributed by atoms with Crippen LogP contribution in [-0.2, 0) is 14.3 Å². The molecule has 0 saturated carbocycles. The normalized spacial score (nSPS) is 23.7. The quantitative estimate of drug-likeness (QED) is 0.672. The summed E-state index contributed by atoms with van der Waals surface area (Å²) in [6.07, 6.45) is 4.99. The standard InChI is InChI=1S/C22H31N3O4S/c1-14(4-5-15(2)20-16(3)24-13-30-20)11-23-21(27)19-10-18(26)12-25(19)22(28)17-6-8-29-9-7-17/h4-5,13,17-19,26H,6-12H2,1-3H3,(H,23,27)/b14-4+,15-5+/t18-,19+/m1/s1.